The summed E-state index contributed by atoms with van der Waals surface area (Å²) in [5, 5.41) is 3.02. The highest BCUT2D eigenvalue weighted by atomic mass is 16.5. The molecule has 1 aliphatic heterocycles. The van der Waals surface area contributed by atoms with Gasteiger partial charge in [-0.25, -0.2) is 0 Å². The fourth-order valence-corrected chi connectivity index (χ4v) is 2.89. The second kappa shape index (κ2) is 4.64. The SMILES string of the molecule is O=COCCC1NC(=O)C2CCCCC12. The zero-order valence-electron chi connectivity index (χ0n) is 8.78. The van der Waals surface area contributed by atoms with Crippen molar-refractivity contribution >= 4 is 12.4 Å². The van der Waals surface area contributed by atoms with Crippen LogP contribution >= 0.6 is 0 Å². The summed E-state index contributed by atoms with van der Waals surface area (Å²) in [5.41, 5.74) is 0. The van der Waals surface area contributed by atoms with Crippen LogP contribution in [0.15, 0.2) is 0 Å². The highest BCUT2D eigenvalue weighted by molar-refractivity contribution is 5.81. The minimum Gasteiger partial charge on any atom is -0.468 e. The maximum absolute atomic E-state index is 11.6. The molecule has 1 aliphatic carbocycles. The van der Waals surface area contributed by atoms with Crippen molar-refractivity contribution in [1.82, 2.24) is 5.32 Å². The minimum atomic E-state index is 0.204. The Morgan fingerprint density at radius 3 is 3.00 bits per heavy atom. The molecule has 1 heterocycles. The van der Waals surface area contributed by atoms with E-state index in [0.29, 0.717) is 19.0 Å². The fourth-order valence-electron chi connectivity index (χ4n) is 2.89. The lowest BCUT2D eigenvalue weighted by atomic mass is 9.77. The number of ether oxygens (including phenoxy) is 1. The van der Waals surface area contributed by atoms with Gasteiger partial charge in [-0.3, -0.25) is 9.59 Å². The summed E-state index contributed by atoms with van der Waals surface area (Å²) >= 11 is 0. The molecule has 84 valence electrons. The Morgan fingerprint density at radius 2 is 2.20 bits per heavy atom. The van der Waals surface area contributed by atoms with Crippen LogP contribution in [0.5, 0.6) is 0 Å². The summed E-state index contributed by atoms with van der Waals surface area (Å²) < 4.78 is 4.68. The molecule has 2 aliphatic rings. The van der Waals surface area contributed by atoms with Gasteiger partial charge in [0.2, 0.25) is 5.91 Å². The van der Waals surface area contributed by atoms with Crippen LogP contribution in [0.4, 0.5) is 0 Å². The van der Waals surface area contributed by atoms with Crippen molar-refractivity contribution in [1.29, 1.82) is 0 Å². The molecule has 4 heteroatoms. The van der Waals surface area contributed by atoms with Crippen molar-refractivity contribution in [3.63, 3.8) is 0 Å². The molecule has 0 aromatic rings. The van der Waals surface area contributed by atoms with Crippen LogP contribution in [0.2, 0.25) is 0 Å². The van der Waals surface area contributed by atoms with E-state index < -0.39 is 0 Å². The first-order valence-corrected chi connectivity index (χ1v) is 5.68. The largest absolute Gasteiger partial charge is 0.468 e. The van der Waals surface area contributed by atoms with Crippen molar-refractivity contribution in [2.75, 3.05) is 6.61 Å². The third kappa shape index (κ3) is 2.13. The quantitative estimate of drug-likeness (QED) is 0.554. The van der Waals surface area contributed by atoms with E-state index >= 15 is 0 Å². The van der Waals surface area contributed by atoms with Gasteiger partial charge in [0.15, 0.2) is 0 Å². The van der Waals surface area contributed by atoms with E-state index in [1.165, 1.54) is 12.8 Å². The van der Waals surface area contributed by atoms with Gasteiger partial charge in [-0.2, -0.15) is 0 Å². The molecule has 3 atom stereocenters. The number of carbonyl (C=O) groups is 2. The molecular formula is C11H17NO3. The van der Waals surface area contributed by atoms with Crippen LogP contribution in [0.1, 0.15) is 32.1 Å². The maximum atomic E-state index is 11.6. The smallest absolute Gasteiger partial charge is 0.293 e. The van der Waals surface area contributed by atoms with Crippen LogP contribution in [0.25, 0.3) is 0 Å². The van der Waals surface area contributed by atoms with E-state index in [9.17, 15) is 9.59 Å². The second-order valence-electron chi connectivity index (χ2n) is 4.43. The Morgan fingerprint density at radius 1 is 1.40 bits per heavy atom. The van der Waals surface area contributed by atoms with Gasteiger partial charge in [0.1, 0.15) is 0 Å². The Balaban J connectivity index is 1.89. The monoisotopic (exact) mass is 211 g/mol. The minimum absolute atomic E-state index is 0.204. The summed E-state index contributed by atoms with van der Waals surface area (Å²) in [6.45, 7) is 0.882. The highest BCUT2D eigenvalue weighted by Gasteiger charge is 2.42. The highest BCUT2D eigenvalue weighted by Crippen LogP contribution is 2.37. The van der Waals surface area contributed by atoms with E-state index in [1.54, 1.807) is 0 Å². The summed E-state index contributed by atoms with van der Waals surface area (Å²) in [7, 11) is 0. The molecule has 15 heavy (non-hydrogen) atoms. The molecule has 0 bridgehead atoms. The molecule has 0 spiro atoms. The Hall–Kier alpha value is -1.06. The van der Waals surface area contributed by atoms with Crippen molar-refractivity contribution in [3.05, 3.63) is 0 Å². The van der Waals surface area contributed by atoms with Crippen LogP contribution < -0.4 is 5.32 Å². The molecule has 0 aromatic carbocycles. The normalized spacial score (nSPS) is 34.4. The molecule has 1 amide bonds. The molecule has 0 radical (unpaired) electrons. The van der Waals surface area contributed by atoms with E-state index in [4.69, 9.17) is 0 Å². The Labute approximate surface area is 89.4 Å². The molecule has 4 nitrogen and oxygen atoms in total. The second-order valence-corrected chi connectivity index (χ2v) is 4.43. The topological polar surface area (TPSA) is 55.4 Å². The van der Waals surface area contributed by atoms with E-state index in [1.807, 2.05) is 0 Å². The van der Waals surface area contributed by atoms with Gasteiger partial charge in [-0.1, -0.05) is 12.8 Å². The van der Waals surface area contributed by atoms with Crippen molar-refractivity contribution in [3.8, 4) is 0 Å². The van der Waals surface area contributed by atoms with Crippen LogP contribution in [0.3, 0.4) is 0 Å². The van der Waals surface area contributed by atoms with E-state index in [-0.39, 0.29) is 17.9 Å². The molecule has 0 aromatic heterocycles. The van der Waals surface area contributed by atoms with Crippen molar-refractivity contribution < 1.29 is 14.3 Å². The first-order chi connectivity index (χ1) is 7.33. The van der Waals surface area contributed by atoms with Crippen LogP contribution in [0, 0.1) is 11.8 Å². The zero-order valence-corrected chi connectivity index (χ0v) is 8.78. The summed E-state index contributed by atoms with van der Waals surface area (Å²) in [5.74, 6) is 0.900. The third-order valence-corrected chi connectivity index (χ3v) is 3.62. The Bertz CT molecular complexity index is 254. The number of fused-ring (bicyclic) bond motifs is 1. The summed E-state index contributed by atoms with van der Waals surface area (Å²) in [6.07, 6.45) is 5.32. The number of hydrogen-bond acceptors (Lipinski definition) is 3. The van der Waals surface area contributed by atoms with Gasteiger partial charge in [-0.05, 0) is 18.8 Å². The predicted molar refractivity (Wildman–Crippen MR) is 54.0 cm³/mol. The lowest BCUT2D eigenvalue weighted by Gasteiger charge is -2.26. The summed E-state index contributed by atoms with van der Waals surface area (Å²) in [4.78, 5) is 21.6. The molecule has 2 rings (SSSR count). The first kappa shape index (κ1) is 10.5. The standard InChI is InChI=1S/C11H17NO3/c13-7-15-6-5-10-8-3-1-2-4-9(8)11(14)12-10/h7-10H,1-6H2,(H,12,14). The van der Waals surface area contributed by atoms with Crippen molar-refractivity contribution in [2.45, 2.75) is 38.1 Å². The maximum Gasteiger partial charge on any atom is 0.293 e. The molecular weight excluding hydrogens is 194 g/mol. The van der Waals surface area contributed by atoms with Gasteiger partial charge in [0.05, 0.1) is 6.61 Å². The van der Waals surface area contributed by atoms with E-state index in [0.717, 1.165) is 19.3 Å². The van der Waals surface area contributed by atoms with Gasteiger partial charge >= 0.3 is 0 Å². The zero-order chi connectivity index (χ0) is 10.7. The number of hydrogen-bond donors (Lipinski definition) is 1. The molecule has 3 unspecified atom stereocenters. The molecule has 2 fully saturated rings. The van der Waals surface area contributed by atoms with Crippen LogP contribution in [-0.2, 0) is 14.3 Å². The summed E-state index contributed by atoms with van der Waals surface area (Å²) in [6, 6.07) is 0.225. The van der Waals surface area contributed by atoms with Crippen LogP contribution in [-0.4, -0.2) is 25.0 Å². The first-order valence-electron chi connectivity index (χ1n) is 5.68. The molecule has 1 N–H and O–H groups in total. The lowest BCUT2D eigenvalue weighted by molar-refractivity contribution is -0.129. The van der Waals surface area contributed by atoms with E-state index in [2.05, 4.69) is 10.1 Å². The number of rotatable bonds is 4. The lowest BCUT2D eigenvalue weighted by Crippen LogP contribution is -2.30. The molecule has 1 saturated carbocycles. The van der Waals surface area contributed by atoms with Gasteiger partial charge in [-0.15, -0.1) is 0 Å². The average molecular weight is 211 g/mol. The molecule has 1 saturated heterocycles. The third-order valence-electron chi connectivity index (χ3n) is 3.62. The number of amides is 1. The Kier molecular flexibility index (Phi) is 3.23. The van der Waals surface area contributed by atoms with Gasteiger partial charge < -0.3 is 10.1 Å². The number of nitrogens with one attached hydrogen (secondary N) is 1. The van der Waals surface area contributed by atoms with Gasteiger partial charge in [0, 0.05) is 18.4 Å². The van der Waals surface area contributed by atoms with Gasteiger partial charge in [0.25, 0.3) is 6.47 Å². The fraction of sp³-hybridized carbons (Fsp3) is 0.818. The average Bonchev–Trinajstić information content (AvgIpc) is 2.58. The van der Waals surface area contributed by atoms with Crippen molar-refractivity contribution in [2.24, 2.45) is 11.8 Å². The number of carbonyl (C=O) groups excluding carboxylic acids is 2. The predicted octanol–water partition coefficient (Wildman–Crippen LogP) is 0.854.